The summed E-state index contributed by atoms with van der Waals surface area (Å²) in [7, 11) is 1.70. The monoisotopic (exact) mass is 572 g/mol. The maximum absolute atomic E-state index is 13.4. The van der Waals surface area contributed by atoms with Gasteiger partial charge in [0.2, 0.25) is 0 Å². The average Bonchev–Trinajstić information content (AvgIpc) is 3.15. The van der Waals surface area contributed by atoms with Crippen molar-refractivity contribution in [2.45, 2.75) is 84.5 Å². The van der Waals surface area contributed by atoms with Gasteiger partial charge in [-0.25, -0.2) is 0 Å². The van der Waals surface area contributed by atoms with Gasteiger partial charge in [0.1, 0.15) is 21.8 Å². The van der Waals surface area contributed by atoms with E-state index in [2.05, 4.69) is 17.9 Å². The summed E-state index contributed by atoms with van der Waals surface area (Å²) < 4.78 is 2.10. The van der Waals surface area contributed by atoms with Gasteiger partial charge in [0, 0.05) is 38.7 Å². The minimum atomic E-state index is -0.728. The second-order valence-corrected chi connectivity index (χ2v) is 12.4. The maximum Gasteiger partial charge on any atom is 0.303 e. The van der Waals surface area contributed by atoms with Crippen molar-refractivity contribution in [2.24, 2.45) is 13.0 Å². The van der Waals surface area contributed by atoms with E-state index in [1.54, 1.807) is 23.4 Å². The normalized spacial score (nSPS) is 18.7. The molecule has 1 amide bonds. The number of amides is 1. The van der Waals surface area contributed by atoms with Gasteiger partial charge in [0.15, 0.2) is 0 Å². The van der Waals surface area contributed by atoms with E-state index in [0.717, 1.165) is 88.7 Å². The van der Waals surface area contributed by atoms with Gasteiger partial charge in [0.05, 0.1) is 4.91 Å². The molecular weight excluding hydrogens is 532 g/mol. The Morgan fingerprint density at radius 2 is 1.79 bits per heavy atom. The van der Waals surface area contributed by atoms with Crippen molar-refractivity contribution in [3.8, 4) is 6.07 Å². The summed E-state index contributed by atoms with van der Waals surface area (Å²) in [6.45, 7) is 6.21. The molecule has 3 rings (SSSR count). The van der Waals surface area contributed by atoms with E-state index >= 15 is 0 Å². The first-order valence-electron chi connectivity index (χ1n) is 14.0. The first-order valence-corrected chi connectivity index (χ1v) is 15.2. The van der Waals surface area contributed by atoms with Gasteiger partial charge in [-0.3, -0.25) is 23.9 Å². The number of aromatic nitrogens is 1. The summed E-state index contributed by atoms with van der Waals surface area (Å²) in [5.41, 5.74) is 1.14. The molecule has 2 saturated heterocycles. The number of piperidine rings is 1. The summed E-state index contributed by atoms with van der Waals surface area (Å²) in [5, 5.41) is 18.4. The van der Waals surface area contributed by atoms with E-state index in [1.165, 1.54) is 11.8 Å². The van der Waals surface area contributed by atoms with E-state index < -0.39 is 5.97 Å². The predicted octanol–water partition coefficient (Wildman–Crippen LogP) is 5.60. The van der Waals surface area contributed by atoms with Crippen LogP contribution in [0.2, 0.25) is 0 Å². The molecule has 10 heteroatoms. The van der Waals surface area contributed by atoms with Crippen molar-refractivity contribution in [1.82, 2.24) is 9.47 Å². The molecule has 3 heterocycles. The molecule has 0 aromatic carbocycles. The summed E-state index contributed by atoms with van der Waals surface area (Å²) >= 11 is 6.84. The van der Waals surface area contributed by atoms with Crippen molar-refractivity contribution in [3.05, 3.63) is 31.9 Å². The van der Waals surface area contributed by atoms with E-state index in [9.17, 15) is 19.6 Å². The van der Waals surface area contributed by atoms with Crippen LogP contribution in [0.1, 0.15) is 94.2 Å². The molecule has 1 atom stereocenters. The average molecular weight is 573 g/mol. The molecule has 0 radical (unpaired) electrons. The topological polar surface area (TPSA) is 107 Å². The number of carboxylic acid groups (broad SMARTS) is 1. The number of thiocarbonyl (C=S) groups is 1. The molecule has 212 valence electrons. The Morgan fingerprint density at radius 3 is 2.41 bits per heavy atom. The van der Waals surface area contributed by atoms with Crippen molar-refractivity contribution < 1.29 is 14.7 Å². The fraction of sp³-hybridized carbons (Fsp3) is 0.621. The fourth-order valence-electron chi connectivity index (χ4n) is 5.41. The maximum atomic E-state index is 13.4. The third-order valence-electron chi connectivity index (χ3n) is 7.60. The predicted molar refractivity (Wildman–Crippen MR) is 161 cm³/mol. The van der Waals surface area contributed by atoms with E-state index in [0.29, 0.717) is 27.3 Å². The number of carboxylic acids is 1. The zero-order chi connectivity index (χ0) is 28.5. The van der Waals surface area contributed by atoms with Crippen molar-refractivity contribution in [2.75, 3.05) is 24.5 Å². The van der Waals surface area contributed by atoms with Crippen LogP contribution in [0.4, 0.5) is 5.82 Å². The number of pyridine rings is 1. The van der Waals surface area contributed by atoms with Crippen LogP contribution >= 0.6 is 24.0 Å². The molecule has 1 N–H and O–H groups in total. The van der Waals surface area contributed by atoms with Crippen LogP contribution in [0.3, 0.4) is 0 Å². The quantitative estimate of drug-likeness (QED) is 0.185. The van der Waals surface area contributed by atoms with Crippen molar-refractivity contribution >= 4 is 52.1 Å². The molecule has 2 aliphatic rings. The number of thioether (sulfide) groups is 1. The highest BCUT2D eigenvalue weighted by atomic mass is 32.2. The molecular formula is C29H40N4O4S2. The number of hydrogen-bond acceptors (Lipinski definition) is 7. The van der Waals surface area contributed by atoms with Crippen LogP contribution < -0.4 is 10.5 Å². The summed E-state index contributed by atoms with van der Waals surface area (Å²) in [4.78, 5) is 41.3. The molecule has 0 saturated carbocycles. The third kappa shape index (κ3) is 7.95. The van der Waals surface area contributed by atoms with Crippen LogP contribution in [0.5, 0.6) is 0 Å². The SMILES string of the molecule is Cc1c(/C=C2/SC(=S)N(CCCCCCCCCCC(=O)O)C2=O)c(N2CCCC(C)C2)n(C)c(=O)c1C#N. The molecule has 0 bridgehead atoms. The zero-order valence-corrected chi connectivity index (χ0v) is 25.0. The molecule has 0 aliphatic carbocycles. The second kappa shape index (κ2) is 14.7. The van der Waals surface area contributed by atoms with Gasteiger partial charge in [-0.05, 0) is 50.2 Å². The number of aliphatic carboxylic acids is 1. The Labute approximate surface area is 241 Å². The van der Waals surface area contributed by atoms with Crippen LogP contribution in [0.25, 0.3) is 6.08 Å². The number of unbranched alkanes of at least 4 members (excludes halogenated alkanes) is 7. The molecule has 8 nitrogen and oxygen atoms in total. The number of rotatable bonds is 13. The third-order valence-corrected chi connectivity index (χ3v) is 8.97. The van der Waals surface area contributed by atoms with E-state index in [4.69, 9.17) is 17.3 Å². The molecule has 1 aromatic rings. The van der Waals surface area contributed by atoms with Gasteiger partial charge in [-0.2, -0.15) is 5.26 Å². The van der Waals surface area contributed by atoms with Crippen LogP contribution in [-0.2, 0) is 16.6 Å². The van der Waals surface area contributed by atoms with E-state index in [1.807, 2.05) is 6.08 Å². The first-order chi connectivity index (χ1) is 18.6. The molecule has 1 unspecified atom stereocenters. The minimum absolute atomic E-state index is 0.106. The largest absolute Gasteiger partial charge is 0.481 e. The Bertz CT molecular complexity index is 1220. The van der Waals surface area contributed by atoms with Crippen molar-refractivity contribution in [3.63, 3.8) is 0 Å². The molecule has 2 fully saturated rings. The van der Waals surface area contributed by atoms with Gasteiger partial charge in [-0.1, -0.05) is 69.4 Å². The highest BCUT2D eigenvalue weighted by molar-refractivity contribution is 8.26. The Kier molecular flexibility index (Phi) is 11.6. The first kappa shape index (κ1) is 30.9. The molecule has 39 heavy (non-hydrogen) atoms. The lowest BCUT2D eigenvalue weighted by molar-refractivity contribution is -0.137. The highest BCUT2D eigenvalue weighted by Gasteiger charge is 2.33. The number of nitriles is 1. The Morgan fingerprint density at radius 1 is 1.15 bits per heavy atom. The zero-order valence-electron chi connectivity index (χ0n) is 23.3. The second-order valence-electron chi connectivity index (χ2n) is 10.7. The number of carbonyl (C=O) groups excluding carboxylic acids is 1. The number of carbonyl (C=O) groups is 2. The van der Waals surface area contributed by atoms with Crippen LogP contribution in [-0.4, -0.2) is 50.4 Å². The van der Waals surface area contributed by atoms with Crippen molar-refractivity contribution in [1.29, 1.82) is 5.26 Å². The summed E-state index contributed by atoms with van der Waals surface area (Å²) in [6.07, 6.45) is 12.2. The summed E-state index contributed by atoms with van der Waals surface area (Å²) in [5.74, 6) is 0.409. The number of hydrogen-bond donors (Lipinski definition) is 1. The minimum Gasteiger partial charge on any atom is -0.481 e. The molecule has 2 aliphatic heterocycles. The highest BCUT2D eigenvalue weighted by Crippen LogP contribution is 2.36. The van der Waals surface area contributed by atoms with Crippen LogP contribution in [0.15, 0.2) is 9.70 Å². The van der Waals surface area contributed by atoms with Gasteiger partial charge in [0.25, 0.3) is 11.5 Å². The van der Waals surface area contributed by atoms with Gasteiger partial charge < -0.3 is 10.0 Å². The van der Waals surface area contributed by atoms with Gasteiger partial charge in [-0.15, -0.1) is 0 Å². The number of nitrogens with zero attached hydrogens (tertiary/aromatic N) is 4. The molecule has 0 spiro atoms. The smallest absolute Gasteiger partial charge is 0.303 e. The lowest BCUT2D eigenvalue weighted by Gasteiger charge is -2.35. The lowest BCUT2D eigenvalue weighted by atomic mass is 9.98. The molecule has 1 aromatic heterocycles. The van der Waals surface area contributed by atoms with E-state index in [-0.39, 0.29) is 23.5 Å². The van der Waals surface area contributed by atoms with Crippen LogP contribution in [0, 0.1) is 24.2 Å². The number of anilines is 1. The Balaban J connectivity index is 1.66. The summed E-state index contributed by atoms with van der Waals surface area (Å²) in [6, 6.07) is 2.07. The fourth-order valence-corrected chi connectivity index (χ4v) is 6.70. The lowest BCUT2D eigenvalue weighted by Crippen LogP contribution is -2.39. The standard InChI is InChI=1S/C29H40N4O4S2/c1-20-13-12-15-32(19-20)26-22(21(2)23(18-30)27(36)31(26)3)17-24-28(37)33(29(38)39-24)16-11-9-7-5-4-6-8-10-14-25(34)35/h17,20H,4-16,19H2,1-3H3,(H,34,35)/b24-17+. The Hall–Kier alpha value is -2.64. The van der Waals surface area contributed by atoms with Gasteiger partial charge >= 0.3 is 5.97 Å².